The summed E-state index contributed by atoms with van der Waals surface area (Å²) < 4.78 is 13.4. The molecule has 2 aliphatic rings. The molecule has 0 aliphatic carbocycles. The lowest BCUT2D eigenvalue weighted by molar-refractivity contribution is -0.150. The minimum absolute atomic E-state index is 0.0960. The normalized spacial score (nSPS) is 19.2. The smallest absolute Gasteiger partial charge is 0.310 e. The number of hydrogen-bond acceptors (Lipinski definition) is 6. The van der Waals surface area contributed by atoms with E-state index in [9.17, 15) is 14.7 Å². The molecule has 7 heteroatoms. The number of aromatic nitrogens is 1. The molecule has 1 N–H and O–H groups in total. The predicted octanol–water partition coefficient (Wildman–Crippen LogP) is 4.58. The first kappa shape index (κ1) is 23.2. The zero-order valence-corrected chi connectivity index (χ0v) is 20.3. The third kappa shape index (κ3) is 4.21. The van der Waals surface area contributed by atoms with Crippen molar-refractivity contribution in [3.63, 3.8) is 0 Å². The number of aromatic hydroxyl groups is 1. The summed E-state index contributed by atoms with van der Waals surface area (Å²) in [7, 11) is 1.97. The number of Topliss-reactive ketones (excluding diaryl/α,β-unsaturated/α-hetero) is 1. The van der Waals surface area contributed by atoms with E-state index in [1.807, 2.05) is 55.9 Å². The highest BCUT2D eigenvalue weighted by Gasteiger charge is 2.35. The number of phenolic OH excluding ortho intramolecular Hbond substituents is 1. The minimum Gasteiger partial charge on any atom is -0.507 e. The molecule has 1 unspecified atom stereocenters. The van der Waals surface area contributed by atoms with Gasteiger partial charge in [0.1, 0.15) is 11.5 Å². The van der Waals surface area contributed by atoms with Crippen LogP contribution in [0.3, 0.4) is 0 Å². The van der Waals surface area contributed by atoms with Gasteiger partial charge in [-0.25, -0.2) is 0 Å². The fraction of sp³-hybridized carbons (Fsp3) is 0.357. The van der Waals surface area contributed by atoms with Crippen molar-refractivity contribution in [2.24, 2.45) is 13.0 Å². The molecule has 7 nitrogen and oxygen atoms in total. The lowest BCUT2D eigenvalue weighted by atomic mass is 9.96. The van der Waals surface area contributed by atoms with E-state index in [0.717, 1.165) is 35.9 Å². The monoisotopic (exact) mass is 474 g/mol. The first-order valence-corrected chi connectivity index (χ1v) is 12.1. The van der Waals surface area contributed by atoms with E-state index in [2.05, 4.69) is 4.90 Å². The van der Waals surface area contributed by atoms with E-state index in [1.165, 1.54) is 0 Å². The van der Waals surface area contributed by atoms with E-state index in [0.29, 0.717) is 42.1 Å². The number of ketones is 1. The molecule has 0 spiro atoms. The number of allylic oxidation sites excluding steroid dienone is 1. The van der Waals surface area contributed by atoms with Crippen LogP contribution in [-0.4, -0.2) is 46.0 Å². The molecule has 0 bridgehead atoms. The molecule has 2 aliphatic heterocycles. The van der Waals surface area contributed by atoms with Gasteiger partial charge in [0.2, 0.25) is 5.78 Å². The minimum atomic E-state index is -0.186. The topological polar surface area (TPSA) is 81.0 Å². The SMILES string of the molecule is CCOC(=O)C1CCCN(Cc2c(O)cc(C)c3c2O/C(=C\c2cn(C)c4ccccc24)C3=O)C1. The van der Waals surface area contributed by atoms with Crippen LogP contribution in [0.25, 0.3) is 17.0 Å². The molecule has 1 aromatic heterocycles. The van der Waals surface area contributed by atoms with Gasteiger partial charge in [-0.1, -0.05) is 18.2 Å². The van der Waals surface area contributed by atoms with E-state index >= 15 is 0 Å². The number of aryl methyl sites for hydroxylation is 2. The largest absolute Gasteiger partial charge is 0.507 e. The van der Waals surface area contributed by atoms with Gasteiger partial charge in [0, 0.05) is 42.8 Å². The Morgan fingerprint density at radius 1 is 1.31 bits per heavy atom. The van der Waals surface area contributed by atoms with Crippen molar-refractivity contribution in [1.29, 1.82) is 0 Å². The van der Waals surface area contributed by atoms with Gasteiger partial charge >= 0.3 is 5.97 Å². The lowest BCUT2D eigenvalue weighted by Gasteiger charge is -2.31. The van der Waals surface area contributed by atoms with E-state index in [-0.39, 0.29) is 29.2 Å². The highest BCUT2D eigenvalue weighted by atomic mass is 16.5. The zero-order chi connectivity index (χ0) is 24.7. The number of rotatable bonds is 5. The van der Waals surface area contributed by atoms with Crippen molar-refractivity contribution >= 4 is 28.7 Å². The molecule has 2 aromatic carbocycles. The molecule has 3 aromatic rings. The van der Waals surface area contributed by atoms with Gasteiger partial charge in [0.05, 0.1) is 23.7 Å². The summed E-state index contributed by atoms with van der Waals surface area (Å²) in [4.78, 5) is 27.8. The lowest BCUT2D eigenvalue weighted by Crippen LogP contribution is -2.39. The molecule has 0 saturated carbocycles. The van der Waals surface area contributed by atoms with Crippen molar-refractivity contribution in [2.45, 2.75) is 33.2 Å². The number of hydrogen-bond donors (Lipinski definition) is 1. The standard InChI is InChI=1S/C28H30N2O5/c1-4-34-28(33)18-8-7-11-30(15-18)16-21-23(31)12-17(2)25-26(32)24(35-27(21)25)13-19-14-29(3)22-10-6-5-9-20(19)22/h5-6,9-10,12-14,18,31H,4,7-8,11,15-16H2,1-3H3/b24-13-. The van der Waals surface area contributed by atoms with Gasteiger partial charge in [-0.3, -0.25) is 14.5 Å². The number of likely N-dealkylation sites (tertiary alicyclic amines) is 1. The van der Waals surface area contributed by atoms with Crippen LogP contribution in [-0.2, 0) is 23.1 Å². The Labute approximate surface area is 204 Å². The summed E-state index contributed by atoms with van der Waals surface area (Å²) in [6, 6.07) is 9.64. The molecule has 0 amide bonds. The fourth-order valence-corrected chi connectivity index (χ4v) is 5.24. The van der Waals surface area contributed by atoms with Crippen molar-refractivity contribution in [3.8, 4) is 11.5 Å². The summed E-state index contributed by atoms with van der Waals surface area (Å²) in [5.41, 5.74) is 3.71. The number of para-hydroxylation sites is 1. The van der Waals surface area contributed by atoms with Crippen LogP contribution in [0.1, 0.15) is 46.8 Å². The second-order valence-electron chi connectivity index (χ2n) is 9.37. The van der Waals surface area contributed by atoms with Gasteiger partial charge in [-0.15, -0.1) is 0 Å². The number of ether oxygens (including phenoxy) is 2. The second-order valence-corrected chi connectivity index (χ2v) is 9.37. The van der Waals surface area contributed by atoms with Crippen molar-refractivity contribution in [3.05, 3.63) is 64.5 Å². The first-order chi connectivity index (χ1) is 16.9. The van der Waals surface area contributed by atoms with Gasteiger partial charge in [0.25, 0.3) is 0 Å². The summed E-state index contributed by atoms with van der Waals surface area (Å²) in [5, 5.41) is 11.9. The molecule has 1 atom stereocenters. The second kappa shape index (κ2) is 9.23. The molecular weight excluding hydrogens is 444 g/mol. The fourth-order valence-electron chi connectivity index (χ4n) is 5.24. The van der Waals surface area contributed by atoms with Crippen molar-refractivity contribution in [2.75, 3.05) is 19.7 Å². The van der Waals surface area contributed by atoms with Crippen LogP contribution >= 0.6 is 0 Å². The number of carbonyl (C=O) groups is 2. The Morgan fingerprint density at radius 3 is 2.91 bits per heavy atom. The van der Waals surface area contributed by atoms with Gasteiger partial charge < -0.3 is 19.1 Å². The van der Waals surface area contributed by atoms with Crippen LogP contribution in [0.15, 0.2) is 42.3 Å². The summed E-state index contributed by atoms with van der Waals surface area (Å²) in [6.07, 6.45) is 5.42. The van der Waals surface area contributed by atoms with Crippen molar-refractivity contribution < 1.29 is 24.2 Å². The molecule has 3 heterocycles. The number of piperidine rings is 1. The van der Waals surface area contributed by atoms with Crippen LogP contribution < -0.4 is 4.74 Å². The molecular formula is C28H30N2O5. The van der Waals surface area contributed by atoms with Crippen LogP contribution in [0.2, 0.25) is 0 Å². The number of fused-ring (bicyclic) bond motifs is 2. The maximum atomic E-state index is 13.4. The number of phenols is 1. The number of nitrogens with zero attached hydrogens (tertiary/aromatic N) is 2. The molecule has 182 valence electrons. The summed E-state index contributed by atoms with van der Waals surface area (Å²) in [6.45, 7) is 5.71. The van der Waals surface area contributed by atoms with Gasteiger partial charge in [-0.05, 0) is 57.0 Å². The zero-order valence-electron chi connectivity index (χ0n) is 20.3. The Balaban J connectivity index is 1.46. The number of carbonyl (C=O) groups excluding carboxylic acids is 2. The molecule has 1 fully saturated rings. The Bertz CT molecular complexity index is 1350. The quantitative estimate of drug-likeness (QED) is 0.431. The van der Waals surface area contributed by atoms with E-state index < -0.39 is 0 Å². The van der Waals surface area contributed by atoms with Crippen molar-refractivity contribution in [1.82, 2.24) is 9.47 Å². The van der Waals surface area contributed by atoms with Crippen LogP contribution in [0.5, 0.6) is 11.5 Å². The Kier molecular flexibility index (Phi) is 6.11. The first-order valence-electron chi connectivity index (χ1n) is 12.1. The Morgan fingerprint density at radius 2 is 2.11 bits per heavy atom. The number of esters is 1. The summed E-state index contributed by atoms with van der Waals surface area (Å²) >= 11 is 0. The molecule has 5 rings (SSSR count). The maximum Gasteiger partial charge on any atom is 0.310 e. The Hall–Kier alpha value is -3.58. The average molecular weight is 475 g/mol. The van der Waals surface area contributed by atoms with E-state index in [1.54, 1.807) is 12.1 Å². The van der Waals surface area contributed by atoms with Gasteiger partial charge in [-0.2, -0.15) is 0 Å². The van der Waals surface area contributed by atoms with Gasteiger partial charge in [0.15, 0.2) is 5.76 Å². The summed E-state index contributed by atoms with van der Waals surface area (Å²) in [5.74, 6) is 0.205. The number of benzene rings is 2. The molecule has 0 radical (unpaired) electrons. The molecule has 1 saturated heterocycles. The highest BCUT2D eigenvalue weighted by Crippen LogP contribution is 2.43. The van der Waals surface area contributed by atoms with Crippen LogP contribution in [0.4, 0.5) is 0 Å². The highest BCUT2D eigenvalue weighted by molar-refractivity contribution is 6.16. The third-order valence-corrected chi connectivity index (χ3v) is 6.94. The van der Waals surface area contributed by atoms with Crippen LogP contribution in [0, 0.1) is 12.8 Å². The molecule has 35 heavy (non-hydrogen) atoms. The van der Waals surface area contributed by atoms with E-state index in [4.69, 9.17) is 9.47 Å². The third-order valence-electron chi connectivity index (χ3n) is 6.94. The average Bonchev–Trinajstić information content (AvgIpc) is 3.34. The maximum absolute atomic E-state index is 13.4. The predicted molar refractivity (Wildman–Crippen MR) is 133 cm³/mol.